The molecule has 2 aromatic rings. The van der Waals surface area contributed by atoms with Crippen LogP contribution in [0.5, 0.6) is 17.2 Å². The molecule has 17 heavy (non-hydrogen) atoms. The summed E-state index contributed by atoms with van der Waals surface area (Å²) in [4.78, 5) is 10.6. The predicted molar refractivity (Wildman–Crippen MR) is 64.7 cm³/mol. The van der Waals surface area contributed by atoms with Crippen LogP contribution in [-0.4, -0.2) is 11.4 Å². The molecule has 0 radical (unpaired) electrons. The molecule has 86 valence electrons. The Labute approximate surface area is 99.3 Å². The fraction of sp³-hybridized carbons (Fsp3) is 0.0714. The van der Waals surface area contributed by atoms with E-state index < -0.39 is 0 Å². The van der Waals surface area contributed by atoms with Crippen molar-refractivity contribution in [3.05, 3.63) is 53.6 Å². The molecule has 0 saturated heterocycles. The second-order valence-corrected chi connectivity index (χ2v) is 3.76. The van der Waals surface area contributed by atoms with Gasteiger partial charge in [-0.15, -0.1) is 0 Å². The molecule has 0 unspecified atom stereocenters. The van der Waals surface area contributed by atoms with Crippen LogP contribution in [0.25, 0.3) is 0 Å². The molecule has 0 saturated carbocycles. The number of aryl methyl sites for hydroxylation is 1. The fourth-order valence-corrected chi connectivity index (χ4v) is 1.42. The molecule has 0 aliphatic heterocycles. The number of rotatable bonds is 3. The number of hydrogen-bond acceptors (Lipinski definition) is 3. The van der Waals surface area contributed by atoms with E-state index in [0.29, 0.717) is 17.6 Å². The van der Waals surface area contributed by atoms with Crippen LogP contribution >= 0.6 is 0 Å². The van der Waals surface area contributed by atoms with Gasteiger partial charge in [0.2, 0.25) is 0 Å². The Balaban J connectivity index is 2.28. The van der Waals surface area contributed by atoms with Crippen LogP contribution in [0.3, 0.4) is 0 Å². The number of aromatic hydroxyl groups is 1. The first-order valence-electron chi connectivity index (χ1n) is 5.22. The summed E-state index contributed by atoms with van der Waals surface area (Å²) in [5, 5.41) is 9.61. The third-order valence-corrected chi connectivity index (χ3v) is 2.37. The number of benzene rings is 2. The zero-order chi connectivity index (χ0) is 12.3. The van der Waals surface area contributed by atoms with Gasteiger partial charge in [-0.25, -0.2) is 0 Å². The molecule has 0 aliphatic carbocycles. The molecule has 0 bridgehead atoms. The van der Waals surface area contributed by atoms with E-state index in [0.717, 1.165) is 5.56 Å². The van der Waals surface area contributed by atoms with Gasteiger partial charge in [-0.1, -0.05) is 17.7 Å². The Hall–Kier alpha value is -2.29. The lowest BCUT2D eigenvalue weighted by atomic mass is 10.2. The summed E-state index contributed by atoms with van der Waals surface area (Å²) in [6.45, 7) is 1.98. The second kappa shape index (κ2) is 4.70. The van der Waals surface area contributed by atoms with Crippen LogP contribution in [0.2, 0.25) is 0 Å². The van der Waals surface area contributed by atoms with Crippen LogP contribution in [0.1, 0.15) is 15.9 Å². The highest BCUT2D eigenvalue weighted by Gasteiger charge is 2.05. The first-order valence-corrected chi connectivity index (χ1v) is 5.22. The monoisotopic (exact) mass is 228 g/mol. The largest absolute Gasteiger partial charge is 0.504 e. The Morgan fingerprint density at radius 2 is 1.82 bits per heavy atom. The number of phenols is 1. The summed E-state index contributed by atoms with van der Waals surface area (Å²) in [6.07, 6.45) is 0.710. The van der Waals surface area contributed by atoms with E-state index in [9.17, 15) is 9.90 Å². The number of carbonyl (C=O) groups is 1. The van der Waals surface area contributed by atoms with Gasteiger partial charge in [0, 0.05) is 5.56 Å². The Morgan fingerprint density at radius 3 is 2.47 bits per heavy atom. The molecule has 2 aromatic carbocycles. The molecule has 0 fully saturated rings. The lowest BCUT2D eigenvalue weighted by Gasteiger charge is -2.08. The third kappa shape index (κ3) is 2.64. The van der Waals surface area contributed by atoms with E-state index in [1.807, 2.05) is 31.2 Å². The van der Waals surface area contributed by atoms with E-state index in [1.54, 1.807) is 0 Å². The summed E-state index contributed by atoms with van der Waals surface area (Å²) in [5.41, 5.74) is 1.59. The van der Waals surface area contributed by atoms with Crippen molar-refractivity contribution in [1.82, 2.24) is 0 Å². The highest BCUT2D eigenvalue weighted by Crippen LogP contribution is 2.31. The van der Waals surface area contributed by atoms with Crippen LogP contribution in [0.15, 0.2) is 42.5 Å². The molecule has 2 rings (SSSR count). The molecule has 0 aromatic heterocycles. The van der Waals surface area contributed by atoms with Gasteiger partial charge in [-0.2, -0.15) is 0 Å². The Kier molecular flexibility index (Phi) is 3.10. The standard InChI is InChI=1S/C14H12O3/c1-10-2-5-12(6-3-10)17-14-8-11(9-15)4-7-13(14)16/h2-9,16H,1H3. The smallest absolute Gasteiger partial charge is 0.169 e. The van der Waals surface area contributed by atoms with Crippen molar-refractivity contribution in [2.45, 2.75) is 6.92 Å². The number of ether oxygens (including phenoxy) is 1. The maximum absolute atomic E-state index is 10.6. The Morgan fingerprint density at radius 1 is 1.12 bits per heavy atom. The van der Waals surface area contributed by atoms with Crippen molar-refractivity contribution < 1.29 is 14.6 Å². The normalized spacial score (nSPS) is 9.94. The molecular weight excluding hydrogens is 216 g/mol. The second-order valence-electron chi connectivity index (χ2n) is 3.76. The van der Waals surface area contributed by atoms with Crippen LogP contribution in [0.4, 0.5) is 0 Å². The molecule has 0 aliphatic rings. The van der Waals surface area contributed by atoms with Gasteiger partial charge in [0.15, 0.2) is 11.5 Å². The lowest BCUT2D eigenvalue weighted by molar-refractivity contribution is 0.112. The molecule has 0 heterocycles. The highest BCUT2D eigenvalue weighted by molar-refractivity contribution is 5.76. The summed E-state index contributed by atoms with van der Waals surface area (Å²) in [5.74, 6) is 0.906. The van der Waals surface area contributed by atoms with Gasteiger partial charge in [0.05, 0.1) is 0 Å². The minimum Gasteiger partial charge on any atom is -0.504 e. The van der Waals surface area contributed by atoms with Gasteiger partial charge < -0.3 is 9.84 Å². The van der Waals surface area contributed by atoms with Crippen molar-refractivity contribution in [2.24, 2.45) is 0 Å². The maximum atomic E-state index is 10.6. The third-order valence-electron chi connectivity index (χ3n) is 2.37. The summed E-state index contributed by atoms with van der Waals surface area (Å²) < 4.78 is 5.50. The van der Waals surface area contributed by atoms with Crippen molar-refractivity contribution in [1.29, 1.82) is 0 Å². The van der Waals surface area contributed by atoms with Gasteiger partial charge in [-0.05, 0) is 37.3 Å². The van der Waals surface area contributed by atoms with Gasteiger partial charge >= 0.3 is 0 Å². The minimum atomic E-state index is 0.0103. The average molecular weight is 228 g/mol. The number of carbonyl (C=O) groups excluding carboxylic acids is 1. The number of hydrogen-bond donors (Lipinski definition) is 1. The summed E-state index contributed by atoms with van der Waals surface area (Å²) in [7, 11) is 0. The van der Waals surface area contributed by atoms with Crippen molar-refractivity contribution in [2.75, 3.05) is 0 Å². The van der Waals surface area contributed by atoms with Crippen molar-refractivity contribution in [3.63, 3.8) is 0 Å². The predicted octanol–water partition coefficient (Wildman–Crippen LogP) is 3.31. The van der Waals surface area contributed by atoms with Crippen LogP contribution in [0, 0.1) is 6.92 Å². The van der Waals surface area contributed by atoms with E-state index in [4.69, 9.17) is 4.74 Å². The first-order chi connectivity index (χ1) is 8.19. The SMILES string of the molecule is Cc1ccc(Oc2cc(C=O)ccc2O)cc1. The molecule has 1 N–H and O–H groups in total. The van der Waals surface area contributed by atoms with E-state index in [2.05, 4.69) is 0 Å². The number of aldehydes is 1. The van der Waals surface area contributed by atoms with E-state index in [1.165, 1.54) is 18.2 Å². The van der Waals surface area contributed by atoms with Crippen LogP contribution in [-0.2, 0) is 0 Å². The van der Waals surface area contributed by atoms with E-state index >= 15 is 0 Å². The van der Waals surface area contributed by atoms with E-state index in [-0.39, 0.29) is 11.5 Å². The maximum Gasteiger partial charge on any atom is 0.169 e. The molecular formula is C14H12O3. The topological polar surface area (TPSA) is 46.5 Å². The average Bonchev–Trinajstić information content (AvgIpc) is 2.35. The van der Waals surface area contributed by atoms with Gasteiger partial charge in [0.1, 0.15) is 12.0 Å². The highest BCUT2D eigenvalue weighted by atomic mass is 16.5. The quantitative estimate of drug-likeness (QED) is 0.820. The lowest BCUT2D eigenvalue weighted by Crippen LogP contribution is -1.87. The first kappa shape index (κ1) is 11.2. The molecule has 3 heteroatoms. The minimum absolute atomic E-state index is 0.0103. The number of phenolic OH excluding ortho intramolecular Hbond substituents is 1. The molecule has 0 spiro atoms. The van der Waals surface area contributed by atoms with Crippen LogP contribution < -0.4 is 4.74 Å². The summed E-state index contributed by atoms with van der Waals surface area (Å²) >= 11 is 0. The van der Waals surface area contributed by atoms with Crippen molar-refractivity contribution in [3.8, 4) is 17.2 Å². The van der Waals surface area contributed by atoms with Crippen molar-refractivity contribution >= 4 is 6.29 Å². The van der Waals surface area contributed by atoms with Gasteiger partial charge in [0.25, 0.3) is 0 Å². The molecule has 3 nitrogen and oxygen atoms in total. The zero-order valence-corrected chi connectivity index (χ0v) is 9.38. The fourth-order valence-electron chi connectivity index (χ4n) is 1.42. The zero-order valence-electron chi connectivity index (χ0n) is 9.38. The summed E-state index contributed by atoms with van der Waals surface area (Å²) in [6, 6.07) is 11.9. The Bertz CT molecular complexity index is 530. The molecule has 0 atom stereocenters. The molecule has 0 amide bonds. The van der Waals surface area contributed by atoms with Gasteiger partial charge in [-0.3, -0.25) is 4.79 Å².